The predicted octanol–water partition coefficient (Wildman–Crippen LogP) is 5.49. The van der Waals surface area contributed by atoms with E-state index in [9.17, 15) is 4.39 Å². The van der Waals surface area contributed by atoms with E-state index >= 15 is 0 Å². The number of nitrogens with one attached hydrogen (secondary N) is 1. The van der Waals surface area contributed by atoms with Gasteiger partial charge in [0.1, 0.15) is 16.3 Å². The molecule has 2 nitrogen and oxygen atoms in total. The minimum Gasteiger partial charge on any atom is -0.345 e. The lowest BCUT2D eigenvalue weighted by Gasteiger charge is -2.26. The maximum absolute atomic E-state index is 13.1. The van der Waals surface area contributed by atoms with E-state index in [1.54, 1.807) is 12.1 Å². The number of hydrogen-bond acceptors (Lipinski definition) is 2. The van der Waals surface area contributed by atoms with E-state index in [2.05, 4.69) is 39.7 Å². The third-order valence-electron chi connectivity index (χ3n) is 3.63. The molecular weight excluding hydrogens is 351 g/mol. The van der Waals surface area contributed by atoms with E-state index in [1.807, 2.05) is 13.8 Å². The summed E-state index contributed by atoms with van der Waals surface area (Å²) in [5.74, 6) is 0.840. The van der Waals surface area contributed by atoms with Crippen LogP contribution < -0.4 is 0 Å². The van der Waals surface area contributed by atoms with E-state index in [1.165, 1.54) is 12.1 Å². The molecule has 0 aliphatic heterocycles. The minimum atomic E-state index is -0.383. The molecule has 0 bridgehead atoms. The lowest BCUT2D eigenvalue weighted by molar-refractivity contribution is 0.573. The summed E-state index contributed by atoms with van der Waals surface area (Å²) in [6, 6.07) is 6.50. The first kappa shape index (κ1) is 16.3. The van der Waals surface area contributed by atoms with E-state index in [-0.39, 0.29) is 11.2 Å². The van der Waals surface area contributed by atoms with Crippen molar-refractivity contribution in [2.24, 2.45) is 0 Å². The van der Waals surface area contributed by atoms with Crippen molar-refractivity contribution in [1.82, 2.24) is 9.97 Å². The van der Waals surface area contributed by atoms with Crippen LogP contribution in [-0.2, 0) is 5.41 Å². The van der Waals surface area contributed by atoms with Crippen LogP contribution in [0.4, 0.5) is 4.39 Å². The van der Waals surface area contributed by atoms with Crippen molar-refractivity contribution < 1.29 is 4.39 Å². The van der Waals surface area contributed by atoms with E-state index in [4.69, 9.17) is 12.2 Å². The van der Waals surface area contributed by atoms with Gasteiger partial charge in [-0.3, -0.25) is 0 Å². The number of aromatic nitrogens is 2. The summed E-state index contributed by atoms with van der Waals surface area (Å²) in [4.78, 5) is 7.89. The number of benzene rings is 1. The molecule has 2 rings (SSSR count). The van der Waals surface area contributed by atoms with Crippen molar-refractivity contribution in [1.29, 1.82) is 0 Å². The van der Waals surface area contributed by atoms with Crippen LogP contribution in [0.1, 0.15) is 50.7 Å². The largest absolute Gasteiger partial charge is 0.345 e. The summed E-state index contributed by atoms with van der Waals surface area (Å²) < 4.78 is 14.5. The molecule has 0 saturated heterocycles. The minimum absolute atomic E-state index is 0.242. The van der Waals surface area contributed by atoms with Crippen molar-refractivity contribution in [3.05, 3.63) is 56.3 Å². The van der Waals surface area contributed by atoms with Gasteiger partial charge < -0.3 is 4.98 Å². The summed E-state index contributed by atoms with van der Waals surface area (Å²) in [7, 11) is 0. The predicted molar refractivity (Wildman–Crippen MR) is 89.7 cm³/mol. The molecule has 1 aromatic carbocycles. The number of halogens is 2. The van der Waals surface area contributed by atoms with Crippen LogP contribution in [0.2, 0.25) is 0 Å². The van der Waals surface area contributed by atoms with Crippen LogP contribution in [0, 0.1) is 10.5 Å². The van der Waals surface area contributed by atoms with Crippen LogP contribution in [0.15, 0.2) is 28.7 Å². The lowest BCUT2D eigenvalue weighted by atomic mass is 9.83. The molecule has 0 atom stereocenters. The molecule has 0 saturated carbocycles. The normalized spacial score (nSPS) is 12.0. The molecule has 1 heterocycles. The zero-order valence-electron chi connectivity index (χ0n) is 12.5. The molecule has 2 aromatic rings. The molecule has 0 spiro atoms. The molecule has 21 heavy (non-hydrogen) atoms. The molecule has 0 aliphatic carbocycles. The number of H-pyrrole nitrogens is 1. The molecule has 0 aliphatic rings. The average molecular weight is 369 g/mol. The fourth-order valence-electron chi connectivity index (χ4n) is 2.17. The van der Waals surface area contributed by atoms with E-state index in [0.29, 0.717) is 10.6 Å². The zero-order chi connectivity index (χ0) is 15.8. The van der Waals surface area contributed by atoms with Crippen LogP contribution in [-0.4, -0.2) is 9.97 Å². The van der Waals surface area contributed by atoms with Crippen molar-refractivity contribution in [3.63, 3.8) is 0 Å². The fraction of sp³-hybridized carbons (Fsp3) is 0.375. The first-order valence-corrected chi connectivity index (χ1v) is 8.00. The number of hydrogen-bond donors (Lipinski definition) is 1. The summed E-state index contributed by atoms with van der Waals surface area (Å²) in [6.45, 7) is 8.29. The average Bonchev–Trinajstić information content (AvgIpc) is 2.41. The molecule has 0 amide bonds. The highest BCUT2D eigenvalue weighted by Crippen LogP contribution is 2.32. The van der Waals surface area contributed by atoms with Gasteiger partial charge in [0.25, 0.3) is 0 Å². The van der Waals surface area contributed by atoms with Crippen LogP contribution in [0.5, 0.6) is 0 Å². The highest BCUT2D eigenvalue weighted by atomic mass is 79.9. The Morgan fingerprint density at radius 3 is 2.33 bits per heavy atom. The van der Waals surface area contributed by atoms with Gasteiger partial charge >= 0.3 is 0 Å². The SMILES string of the molecule is CC(C)c1[nH]c(C(C)(C)c2ccc(F)cc2)nc(=S)c1Br. The monoisotopic (exact) mass is 368 g/mol. The van der Waals surface area contributed by atoms with Gasteiger partial charge in [-0.1, -0.05) is 38.2 Å². The smallest absolute Gasteiger partial charge is 0.144 e. The van der Waals surface area contributed by atoms with Gasteiger partial charge in [0.15, 0.2) is 0 Å². The Bertz CT molecular complexity index is 705. The van der Waals surface area contributed by atoms with Crippen molar-refractivity contribution in [2.75, 3.05) is 0 Å². The summed E-state index contributed by atoms with van der Waals surface area (Å²) in [6.07, 6.45) is 0. The molecule has 112 valence electrons. The van der Waals surface area contributed by atoms with Gasteiger partial charge in [0.05, 0.1) is 4.47 Å². The Labute approximate surface area is 138 Å². The standard InChI is InChI=1S/C16H18BrFN2S/c1-9(2)13-12(17)14(21)20-15(19-13)16(3,4)10-5-7-11(18)8-6-10/h5-9H,1-4H3,(H,19,20,21). The number of nitrogens with zero attached hydrogens (tertiary/aromatic N) is 1. The zero-order valence-corrected chi connectivity index (χ0v) is 14.9. The Morgan fingerprint density at radius 2 is 1.81 bits per heavy atom. The Morgan fingerprint density at radius 1 is 1.24 bits per heavy atom. The highest BCUT2D eigenvalue weighted by molar-refractivity contribution is 9.10. The second-order valence-corrected chi connectivity index (χ2v) is 7.08. The van der Waals surface area contributed by atoms with Crippen LogP contribution in [0.3, 0.4) is 0 Å². The maximum Gasteiger partial charge on any atom is 0.144 e. The van der Waals surface area contributed by atoms with Gasteiger partial charge in [-0.25, -0.2) is 9.37 Å². The first-order valence-electron chi connectivity index (χ1n) is 6.79. The summed E-state index contributed by atoms with van der Waals surface area (Å²) >= 11 is 8.85. The molecule has 0 radical (unpaired) electrons. The quantitative estimate of drug-likeness (QED) is 0.725. The van der Waals surface area contributed by atoms with E-state index < -0.39 is 0 Å². The van der Waals surface area contributed by atoms with Gasteiger partial charge in [-0.05, 0) is 53.4 Å². The van der Waals surface area contributed by atoms with Crippen molar-refractivity contribution in [3.8, 4) is 0 Å². The molecular formula is C16H18BrFN2S. The first-order chi connectivity index (χ1) is 9.73. The molecule has 5 heteroatoms. The Balaban J connectivity index is 2.59. The number of rotatable bonds is 3. The molecule has 0 fully saturated rings. The Kier molecular flexibility index (Phi) is 4.63. The third-order valence-corrected chi connectivity index (χ3v) is 4.99. The van der Waals surface area contributed by atoms with Crippen LogP contribution >= 0.6 is 28.1 Å². The lowest BCUT2D eigenvalue weighted by Crippen LogP contribution is -2.23. The maximum atomic E-state index is 13.1. The van der Waals surface area contributed by atoms with Crippen molar-refractivity contribution in [2.45, 2.75) is 39.0 Å². The summed E-state index contributed by atoms with van der Waals surface area (Å²) in [5.41, 5.74) is 1.63. The van der Waals surface area contributed by atoms with Crippen LogP contribution in [0.25, 0.3) is 0 Å². The summed E-state index contributed by atoms with van der Waals surface area (Å²) in [5, 5.41) is 0. The second kappa shape index (κ2) is 5.97. The van der Waals surface area contributed by atoms with Crippen molar-refractivity contribution >= 4 is 28.1 Å². The molecule has 0 unspecified atom stereocenters. The topological polar surface area (TPSA) is 28.7 Å². The Hall–Kier alpha value is -1.07. The molecule has 1 aromatic heterocycles. The molecule has 1 N–H and O–H groups in total. The second-order valence-electron chi connectivity index (χ2n) is 5.90. The highest BCUT2D eigenvalue weighted by Gasteiger charge is 2.27. The van der Waals surface area contributed by atoms with Gasteiger partial charge in [0, 0.05) is 11.1 Å². The fourth-order valence-corrected chi connectivity index (χ4v) is 3.02. The third kappa shape index (κ3) is 3.24. The number of aromatic amines is 1. The van der Waals surface area contributed by atoms with Gasteiger partial charge in [-0.15, -0.1) is 0 Å². The van der Waals surface area contributed by atoms with Gasteiger partial charge in [0.2, 0.25) is 0 Å². The van der Waals surface area contributed by atoms with Gasteiger partial charge in [-0.2, -0.15) is 0 Å². The van der Waals surface area contributed by atoms with E-state index in [0.717, 1.165) is 21.6 Å².